The molecule has 14 heavy (non-hydrogen) atoms. The van der Waals surface area contributed by atoms with Crippen LogP contribution in [0.4, 0.5) is 0 Å². The van der Waals surface area contributed by atoms with Crippen molar-refractivity contribution in [3.8, 4) is 5.75 Å². The molecule has 2 nitrogen and oxygen atoms in total. The summed E-state index contributed by atoms with van der Waals surface area (Å²) in [5.74, 6) is 0.938. The average molecular weight is 214 g/mol. The van der Waals surface area contributed by atoms with Gasteiger partial charge in [0.15, 0.2) is 0 Å². The minimum absolute atomic E-state index is 0. The van der Waals surface area contributed by atoms with E-state index in [-0.39, 0.29) is 18.4 Å². The Bertz CT molecular complexity index is 323. The topological polar surface area (TPSA) is 46.2 Å². The number of aryl methyl sites for hydroxylation is 1. The van der Waals surface area contributed by atoms with Gasteiger partial charge in [0.1, 0.15) is 5.75 Å². The second kappa shape index (κ2) is 4.20. The first-order valence-electron chi connectivity index (χ1n) is 4.73. The van der Waals surface area contributed by atoms with Gasteiger partial charge in [-0.3, -0.25) is 0 Å². The van der Waals surface area contributed by atoms with E-state index in [2.05, 4.69) is 0 Å². The van der Waals surface area contributed by atoms with Gasteiger partial charge in [-0.15, -0.1) is 12.4 Å². The van der Waals surface area contributed by atoms with Crippen LogP contribution in [0.15, 0.2) is 18.2 Å². The summed E-state index contributed by atoms with van der Waals surface area (Å²) in [4.78, 5) is 0. The van der Waals surface area contributed by atoms with Crippen molar-refractivity contribution >= 4 is 12.4 Å². The van der Waals surface area contributed by atoms with E-state index < -0.39 is 0 Å². The van der Waals surface area contributed by atoms with Crippen molar-refractivity contribution in [2.24, 2.45) is 11.7 Å². The summed E-state index contributed by atoms with van der Waals surface area (Å²) >= 11 is 0. The molecule has 78 valence electrons. The van der Waals surface area contributed by atoms with Crippen molar-refractivity contribution in [1.29, 1.82) is 0 Å². The number of phenols is 1. The van der Waals surface area contributed by atoms with Crippen LogP contribution in [0, 0.1) is 12.8 Å². The highest BCUT2D eigenvalue weighted by molar-refractivity contribution is 5.85. The summed E-state index contributed by atoms with van der Waals surface area (Å²) in [5, 5.41) is 9.66. The van der Waals surface area contributed by atoms with Crippen LogP contribution in [-0.2, 0) is 0 Å². The van der Waals surface area contributed by atoms with Gasteiger partial charge in [-0.1, -0.05) is 12.1 Å². The van der Waals surface area contributed by atoms with Gasteiger partial charge in [0.2, 0.25) is 0 Å². The lowest BCUT2D eigenvalue weighted by atomic mass is 10.0. The highest BCUT2D eigenvalue weighted by atomic mass is 35.5. The molecule has 0 aliphatic heterocycles. The standard InChI is InChI=1S/C11H15NO.ClH/c1-7-2-5-9(10(13)6-7)11(12)8-3-4-8;/h2,5-6,8,11,13H,3-4,12H2,1H3;1H/t11-;/m0./s1. The van der Waals surface area contributed by atoms with E-state index >= 15 is 0 Å². The number of hydrogen-bond acceptors (Lipinski definition) is 2. The number of aromatic hydroxyl groups is 1. The molecule has 1 saturated carbocycles. The number of nitrogens with two attached hydrogens (primary N) is 1. The van der Waals surface area contributed by atoms with Gasteiger partial charge in [-0.2, -0.15) is 0 Å². The summed E-state index contributed by atoms with van der Waals surface area (Å²) in [6.45, 7) is 1.96. The fourth-order valence-electron chi connectivity index (χ4n) is 1.64. The molecule has 1 aromatic rings. The summed E-state index contributed by atoms with van der Waals surface area (Å²) in [6, 6.07) is 5.74. The summed E-state index contributed by atoms with van der Waals surface area (Å²) < 4.78 is 0. The smallest absolute Gasteiger partial charge is 0.120 e. The van der Waals surface area contributed by atoms with E-state index in [4.69, 9.17) is 5.73 Å². The number of phenolic OH excluding ortho intramolecular Hbond substituents is 1. The zero-order valence-corrected chi connectivity index (χ0v) is 9.05. The second-order valence-electron chi connectivity index (χ2n) is 3.93. The van der Waals surface area contributed by atoms with Crippen LogP contribution in [0.25, 0.3) is 0 Å². The predicted molar refractivity (Wildman–Crippen MR) is 59.7 cm³/mol. The Balaban J connectivity index is 0.000000980. The molecule has 1 aromatic carbocycles. The quantitative estimate of drug-likeness (QED) is 0.793. The molecule has 2 rings (SSSR count). The van der Waals surface area contributed by atoms with Gasteiger partial charge in [0.25, 0.3) is 0 Å². The van der Waals surface area contributed by atoms with Crippen molar-refractivity contribution in [1.82, 2.24) is 0 Å². The number of halogens is 1. The fourth-order valence-corrected chi connectivity index (χ4v) is 1.64. The molecule has 0 amide bonds. The van der Waals surface area contributed by atoms with Crippen LogP contribution in [-0.4, -0.2) is 5.11 Å². The third kappa shape index (κ3) is 2.20. The first-order chi connectivity index (χ1) is 6.18. The minimum atomic E-state index is 0. The molecule has 0 heterocycles. The highest BCUT2D eigenvalue weighted by Gasteiger charge is 2.30. The van der Waals surface area contributed by atoms with Crippen LogP contribution >= 0.6 is 12.4 Å². The molecule has 0 saturated heterocycles. The molecule has 0 unspecified atom stereocenters. The van der Waals surface area contributed by atoms with Crippen molar-refractivity contribution in [3.63, 3.8) is 0 Å². The number of benzene rings is 1. The fraction of sp³-hybridized carbons (Fsp3) is 0.455. The van der Waals surface area contributed by atoms with E-state index in [1.165, 1.54) is 12.8 Å². The van der Waals surface area contributed by atoms with Crippen molar-refractivity contribution in [2.45, 2.75) is 25.8 Å². The molecule has 1 aliphatic carbocycles. The summed E-state index contributed by atoms with van der Waals surface area (Å²) in [7, 11) is 0. The van der Waals surface area contributed by atoms with Crippen molar-refractivity contribution in [3.05, 3.63) is 29.3 Å². The maximum Gasteiger partial charge on any atom is 0.120 e. The lowest BCUT2D eigenvalue weighted by Crippen LogP contribution is -2.12. The lowest BCUT2D eigenvalue weighted by Gasteiger charge is -2.12. The molecular formula is C11H16ClNO. The summed E-state index contributed by atoms with van der Waals surface area (Å²) in [6.07, 6.45) is 2.41. The zero-order valence-electron chi connectivity index (χ0n) is 8.23. The Morgan fingerprint density at radius 1 is 1.43 bits per heavy atom. The Labute approximate surface area is 90.5 Å². The van der Waals surface area contributed by atoms with Gasteiger partial charge < -0.3 is 10.8 Å². The maximum absolute atomic E-state index is 9.66. The lowest BCUT2D eigenvalue weighted by molar-refractivity contribution is 0.456. The van der Waals surface area contributed by atoms with E-state index in [1.54, 1.807) is 6.07 Å². The molecule has 1 aliphatic rings. The minimum Gasteiger partial charge on any atom is -0.508 e. The third-order valence-corrected chi connectivity index (χ3v) is 2.67. The van der Waals surface area contributed by atoms with Gasteiger partial charge in [0.05, 0.1) is 0 Å². The maximum atomic E-state index is 9.66. The Morgan fingerprint density at radius 2 is 2.07 bits per heavy atom. The van der Waals surface area contributed by atoms with Crippen LogP contribution in [0.3, 0.4) is 0 Å². The van der Waals surface area contributed by atoms with Crippen molar-refractivity contribution in [2.75, 3.05) is 0 Å². The van der Waals surface area contributed by atoms with Crippen LogP contribution < -0.4 is 5.73 Å². The van der Waals surface area contributed by atoms with Crippen molar-refractivity contribution < 1.29 is 5.11 Å². The Morgan fingerprint density at radius 3 is 2.57 bits per heavy atom. The van der Waals surface area contributed by atoms with Gasteiger partial charge in [-0.05, 0) is 37.3 Å². The highest BCUT2D eigenvalue weighted by Crippen LogP contribution is 2.41. The van der Waals surface area contributed by atoms with E-state index in [0.29, 0.717) is 11.7 Å². The Kier molecular flexibility index (Phi) is 3.40. The first kappa shape index (κ1) is 11.3. The average Bonchev–Trinajstić information content (AvgIpc) is 2.85. The molecule has 0 radical (unpaired) electrons. The first-order valence-corrected chi connectivity index (χ1v) is 4.73. The number of hydrogen-bond donors (Lipinski definition) is 2. The summed E-state index contributed by atoms with van der Waals surface area (Å²) in [5.41, 5.74) is 7.96. The molecule has 3 N–H and O–H groups in total. The third-order valence-electron chi connectivity index (χ3n) is 2.67. The SMILES string of the molecule is Cc1ccc([C@@H](N)C2CC2)c(O)c1.Cl. The molecule has 0 bridgehead atoms. The largest absolute Gasteiger partial charge is 0.508 e. The van der Waals surface area contributed by atoms with E-state index in [9.17, 15) is 5.11 Å². The number of rotatable bonds is 2. The molecule has 3 heteroatoms. The van der Waals surface area contributed by atoms with Crippen LogP contribution in [0.5, 0.6) is 5.75 Å². The van der Waals surface area contributed by atoms with E-state index in [1.807, 2.05) is 19.1 Å². The zero-order chi connectivity index (χ0) is 9.42. The van der Waals surface area contributed by atoms with Crippen LogP contribution in [0.1, 0.15) is 30.0 Å². The predicted octanol–water partition coefficient (Wildman–Crippen LogP) is 2.53. The molecule has 0 aromatic heterocycles. The molecule has 1 fully saturated rings. The normalized spacial score (nSPS) is 17.3. The molecule has 0 spiro atoms. The monoisotopic (exact) mass is 213 g/mol. The van der Waals surface area contributed by atoms with Gasteiger partial charge >= 0.3 is 0 Å². The van der Waals surface area contributed by atoms with E-state index in [0.717, 1.165) is 11.1 Å². The second-order valence-corrected chi connectivity index (χ2v) is 3.93. The van der Waals surface area contributed by atoms with Gasteiger partial charge in [0, 0.05) is 11.6 Å². The Hall–Kier alpha value is -0.730. The van der Waals surface area contributed by atoms with Gasteiger partial charge in [-0.25, -0.2) is 0 Å². The molecule has 1 atom stereocenters. The van der Waals surface area contributed by atoms with Crippen LogP contribution in [0.2, 0.25) is 0 Å². The molecular weight excluding hydrogens is 198 g/mol.